The molecule has 3 nitrogen and oxygen atoms in total. The van der Waals surface area contributed by atoms with Crippen LogP contribution in [0.3, 0.4) is 0 Å². The molecule has 2 aromatic carbocycles. The van der Waals surface area contributed by atoms with Crippen LogP contribution in [0, 0.1) is 11.7 Å². The van der Waals surface area contributed by atoms with E-state index in [1.54, 1.807) is 0 Å². The number of halogens is 1. The van der Waals surface area contributed by atoms with E-state index in [1.807, 2.05) is 44.2 Å². The van der Waals surface area contributed by atoms with E-state index in [2.05, 4.69) is 5.32 Å². The van der Waals surface area contributed by atoms with E-state index >= 15 is 0 Å². The lowest BCUT2D eigenvalue weighted by Gasteiger charge is -2.23. The fraction of sp³-hybridized carbons (Fsp3) is 0.300. The van der Waals surface area contributed by atoms with E-state index in [0.717, 1.165) is 5.56 Å². The third kappa shape index (κ3) is 5.01. The molecule has 2 rings (SSSR count). The van der Waals surface area contributed by atoms with Gasteiger partial charge in [0.2, 0.25) is 5.91 Å². The van der Waals surface area contributed by atoms with E-state index in [1.165, 1.54) is 24.3 Å². The molecule has 126 valence electrons. The minimum atomic E-state index is -0.382. The van der Waals surface area contributed by atoms with Crippen molar-refractivity contribution in [2.24, 2.45) is 5.92 Å². The van der Waals surface area contributed by atoms with E-state index < -0.39 is 0 Å². The van der Waals surface area contributed by atoms with Crippen LogP contribution >= 0.6 is 0 Å². The van der Waals surface area contributed by atoms with Gasteiger partial charge in [0.15, 0.2) is 5.78 Å². The van der Waals surface area contributed by atoms with Crippen LogP contribution in [-0.4, -0.2) is 11.7 Å². The average molecular weight is 327 g/mol. The fourth-order valence-electron chi connectivity index (χ4n) is 2.55. The molecule has 0 aliphatic rings. The molecule has 0 bridgehead atoms. The first-order valence-corrected chi connectivity index (χ1v) is 8.10. The number of rotatable bonds is 7. The molecule has 1 amide bonds. The van der Waals surface area contributed by atoms with Gasteiger partial charge in [-0.25, -0.2) is 4.39 Å². The summed E-state index contributed by atoms with van der Waals surface area (Å²) in [6.45, 7) is 4.09. The van der Waals surface area contributed by atoms with Crippen LogP contribution < -0.4 is 5.32 Å². The lowest BCUT2D eigenvalue weighted by molar-refractivity contribution is -0.122. The van der Waals surface area contributed by atoms with Crippen molar-refractivity contribution >= 4 is 11.7 Å². The zero-order valence-corrected chi connectivity index (χ0v) is 14.0. The standard InChI is InChI=1S/C20H22FNO2/c1-14(2)20(16-6-4-3-5-7-16)22-19(24)13-12-18(23)15-8-10-17(21)11-9-15/h3-11,14,20H,12-13H2,1-2H3,(H,22,24)/t20-/m0/s1. The zero-order chi connectivity index (χ0) is 17.5. The van der Waals surface area contributed by atoms with E-state index in [0.29, 0.717) is 5.56 Å². The molecule has 1 N–H and O–H groups in total. The molecule has 0 spiro atoms. The summed E-state index contributed by atoms with van der Waals surface area (Å²) in [4.78, 5) is 24.2. The van der Waals surface area contributed by atoms with Gasteiger partial charge in [0.05, 0.1) is 6.04 Å². The highest BCUT2D eigenvalue weighted by Gasteiger charge is 2.18. The number of carbonyl (C=O) groups excluding carboxylic acids is 2. The van der Waals surface area contributed by atoms with Crippen LogP contribution in [0.1, 0.15) is 48.7 Å². The van der Waals surface area contributed by atoms with Crippen molar-refractivity contribution < 1.29 is 14.0 Å². The van der Waals surface area contributed by atoms with Gasteiger partial charge in [-0.1, -0.05) is 44.2 Å². The molecule has 0 aromatic heterocycles. The predicted octanol–water partition coefficient (Wildman–Crippen LogP) is 4.30. The number of hydrogen-bond donors (Lipinski definition) is 1. The number of benzene rings is 2. The minimum absolute atomic E-state index is 0.0837. The quantitative estimate of drug-likeness (QED) is 0.771. The highest BCUT2D eigenvalue weighted by atomic mass is 19.1. The van der Waals surface area contributed by atoms with Crippen LogP contribution in [-0.2, 0) is 4.79 Å². The first kappa shape index (κ1) is 17.9. The molecule has 0 saturated carbocycles. The first-order valence-electron chi connectivity index (χ1n) is 8.10. The molecule has 0 unspecified atom stereocenters. The first-order chi connectivity index (χ1) is 11.5. The van der Waals surface area contributed by atoms with Crippen LogP contribution in [0.15, 0.2) is 54.6 Å². The predicted molar refractivity (Wildman–Crippen MR) is 92.1 cm³/mol. The lowest BCUT2D eigenvalue weighted by Crippen LogP contribution is -2.31. The van der Waals surface area contributed by atoms with Crippen LogP contribution in [0.25, 0.3) is 0 Å². The monoisotopic (exact) mass is 327 g/mol. The Kier molecular flexibility index (Phi) is 6.24. The zero-order valence-electron chi connectivity index (χ0n) is 14.0. The Morgan fingerprint density at radius 3 is 2.17 bits per heavy atom. The maximum atomic E-state index is 12.9. The second-order valence-corrected chi connectivity index (χ2v) is 6.13. The number of nitrogens with one attached hydrogen (secondary N) is 1. The summed E-state index contributed by atoms with van der Waals surface area (Å²) in [5.74, 6) is -0.463. The van der Waals surface area contributed by atoms with Gasteiger partial charge in [-0.3, -0.25) is 9.59 Å². The third-order valence-electron chi connectivity index (χ3n) is 3.89. The van der Waals surface area contributed by atoms with Crippen molar-refractivity contribution in [3.05, 3.63) is 71.5 Å². The molecule has 0 saturated heterocycles. The third-order valence-corrected chi connectivity index (χ3v) is 3.89. The largest absolute Gasteiger partial charge is 0.349 e. The Morgan fingerprint density at radius 2 is 1.58 bits per heavy atom. The summed E-state index contributed by atoms with van der Waals surface area (Å²) in [5.41, 5.74) is 1.47. The summed E-state index contributed by atoms with van der Waals surface area (Å²) >= 11 is 0. The van der Waals surface area contributed by atoms with Crippen molar-refractivity contribution in [2.75, 3.05) is 0 Å². The Labute approximate surface area is 141 Å². The summed E-state index contributed by atoms with van der Waals surface area (Å²) < 4.78 is 12.9. The molecule has 4 heteroatoms. The molecular weight excluding hydrogens is 305 g/mol. The van der Waals surface area contributed by atoms with Gasteiger partial charge in [-0.2, -0.15) is 0 Å². The van der Waals surface area contributed by atoms with Gasteiger partial charge < -0.3 is 5.32 Å². The Balaban J connectivity index is 1.92. The molecular formula is C20H22FNO2. The van der Waals surface area contributed by atoms with Crippen molar-refractivity contribution in [3.8, 4) is 0 Å². The summed E-state index contributed by atoms with van der Waals surface area (Å²) in [5, 5.41) is 3.00. The van der Waals surface area contributed by atoms with Crippen molar-refractivity contribution in [1.29, 1.82) is 0 Å². The SMILES string of the molecule is CC(C)[C@H](NC(=O)CCC(=O)c1ccc(F)cc1)c1ccccc1. The van der Waals surface area contributed by atoms with Crippen LogP contribution in [0.5, 0.6) is 0 Å². The maximum absolute atomic E-state index is 12.9. The van der Waals surface area contributed by atoms with Crippen molar-refractivity contribution in [2.45, 2.75) is 32.7 Å². The van der Waals surface area contributed by atoms with Crippen molar-refractivity contribution in [3.63, 3.8) is 0 Å². The van der Waals surface area contributed by atoms with Crippen molar-refractivity contribution in [1.82, 2.24) is 5.32 Å². The summed E-state index contributed by atoms with van der Waals surface area (Å²) in [6, 6.07) is 15.1. The van der Waals surface area contributed by atoms with E-state index in [9.17, 15) is 14.0 Å². The highest BCUT2D eigenvalue weighted by Crippen LogP contribution is 2.21. The highest BCUT2D eigenvalue weighted by molar-refractivity contribution is 5.97. The molecule has 24 heavy (non-hydrogen) atoms. The number of amides is 1. The number of Topliss-reactive ketones (excluding diaryl/α,β-unsaturated/α-hetero) is 1. The van der Waals surface area contributed by atoms with Crippen LogP contribution in [0.2, 0.25) is 0 Å². The molecule has 1 atom stereocenters. The number of ketones is 1. The van der Waals surface area contributed by atoms with Gasteiger partial charge in [0.25, 0.3) is 0 Å². The number of hydrogen-bond acceptors (Lipinski definition) is 2. The molecule has 2 aromatic rings. The van der Waals surface area contributed by atoms with Gasteiger partial charge in [0.1, 0.15) is 5.82 Å². The van der Waals surface area contributed by atoms with Gasteiger partial charge in [-0.15, -0.1) is 0 Å². The summed E-state index contributed by atoms with van der Waals surface area (Å²) in [6.07, 6.45) is 0.226. The molecule has 0 aliphatic carbocycles. The minimum Gasteiger partial charge on any atom is -0.349 e. The van der Waals surface area contributed by atoms with E-state index in [4.69, 9.17) is 0 Å². The smallest absolute Gasteiger partial charge is 0.220 e. The second kappa shape index (κ2) is 8.39. The summed E-state index contributed by atoms with van der Waals surface area (Å²) in [7, 11) is 0. The lowest BCUT2D eigenvalue weighted by atomic mass is 9.95. The Morgan fingerprint density at radius 1 is 0.958 bits per heavy atom. The van der Waals surface area contributed by atoms with Gasteiger partial charge in [0, 0.05) is 18.4 Å². The molecule has 0 fully saturated rings. The fourth-order valence-corrected chi connectivity index (χ4v) is 2.55. The number of carbonyl (C=O) groups is 2. The maximum Gasteiger partial charge on any atom is 0.220 e. The average Bonchev–Trinajstić information content (AvgIpc) is 2.58. The van der Waals surface area contributed by atoms with Crippen LogP contribution in [0.4, 0.5) is 4.39 Å². The second-order valence-electron chi connectivity index (χ2n) is 6.13. The Hall–Kier alpha value is -2.49. The van der Waals surface area contributed by atoms with E-state index in [-0.39, 0.29) is 42.3 Å². The van der Waals surface area contributed by atoms with Gasteiger partial charge >= 0.3 is 0 Å². The molecule has 0 radical (unpaired) electrons. The molecule has 0 aliphatic heterocycles. The van der Waals surface area contributed by atoms with Gasteiger partial charge in [-0.05, 0) is 35.7 Å². The molecule has 0 heterocycles. The topological polar surface area (TPSA) is 46.2 Å². The normalized spacial score (nSPS) is 12.0. The Bertz CT molecular complexity index is 681.